The number of pyridine rings is 2. The average Bonchev–Trinajstić information content (AvgIpc) is 3.26. The van der Waals surface area contributed by atoms with Crippen LogP contribution in [0.2, 0.25) is 0 Å². The Kier molecular flexibility index (Phi) is 6.61. The monoisotopic (exact) mass is 505 g/mol. The number of halogens is 4. The molecule has 0 bridgehead atoms. The van der Waals surface area contributed by atoms with Crippen LogP contribution in [0.15, 0.2) is 53.3 Å². The Bertz CT molecular complexity index is 1350. The molecule has 7 nitrogen and oxygen atoms in total. The smallest absolute Gasteiger partial charge is 0.191 e. The summed E-state index contributed by atoms with van der Waals surface area (Å²) in [6.45, 7) is 6.48. The molecule has 0 aromatic carbocycles. The van der Waals surface area contributed by atoms with E-state index < -0.39 is 23.1 Å². The Hall–Kier alpha value is -3.37. The first-order valence-corrected chi connectivity index (χ1v) is 11.0. The first-order valence-electron chi connectivity index (χ1n) is 10.7. The van der Waals surface area contributed by atoms with Gasteiger partial charge in [-0.25, -0.2) is 22.8 Å². The van der Waals surface area contributed by atoms with Crippen LogP contribution in [-0.2, 0) is 16.9 Å². The largest absolute Gasteiger partial charge is 0.486 e. The fourth-order valence-corrected chi connectivity index (χ4v) is 3.80. The maximum atomic E-state index is 15.7. The minimum absolute atomic E-state index is 0.0334. The van der Waals surface area contributed by atoms with E-state index in [4.69, 9.17) is 16.3 Å². The van der Waals surface area contributed by atoms with Crippen molar-refractivity contribution in [1.29, 1.82) is 0 Å². The molecule has 0 spiro atoms. The van der Waals surface area contributed by atoms with Crippen molar-refractivity contribution < 1.29 is 23.0 Å². The van der Waals surface area contributed by atoms with Gasteiger partial charge in [-0.15, -0.1) is 0 Å². The van der Waals surface area contributed by atoms with Gasteiger partial charge in [-0.1, -0.05) is 11.6 Å². The number of aryl methyl sites for hydroxylation is 1. The lowest BCUT2D eigenvalue weighted by molar-refractivity contribution is 0.0734. The molecule has 4 heterocycles. The van der Waals surface area contributed by atoms with Gasteiger partial charge in [0, 0.05) is 30.2 Å². The first kappa shape index (κ1) is 24.7. The van der Waals surface area contributed by atoms with E-state index in [-0.39, 0.29) is 41.1 Å². The van der Waals surface area contributed by atoms with Crippen molar-refractivity contribution in [2.24, 2.45) is 0 Å². The summed E-state index contributed by atoms with van der Waals surface area (Å²) in [6, 6.07) is 2.32. The average molecular weight is 506 g/mol. The molecule has 0 unspecified atom stereocenters. The number of rotatable bonds is 6. The molecule has 11 heteroatoms. The van der Waals surface area contributed by atoms with Crippen LogP contribution < -0.4 is 4.90 Å². The summed E-state index contributed by atoms with van der Waals surface area (Å²) in [5.74, 6) is -1.98. The summed E-state index contributed by atoms with van der Waals surface area (Å²) in [6.07, 6.45) is 5.56. The molecule has 1 aliphatic rings. The molecule has 0 saturated heterocycles. The van der Waals surface area contributed by atoms with Crippen molar-refractivity contribution in [3.8, 4) is 5.82 Å². The van der Waals surface area contributed by atoms with Crippen LogP contribution in [0.25, 0.3) is 5.82 Å². The maximum Gasteiger partial charge on any atom is 0.191 e. The lowest BCUT2D eigenvalue weighted by Gasteiger charge is -2.31. The molecule has 0 aliphatic carbocycles. The van der Waals surface area contributed by atoms with E-state index in [2.05, 4.69) is 15.1 Å². The molecule has 1 N–H and O–H groups in total. The zero-order valence-corrected chi connectivity index (χ0v) is 20.2. The van der Waals surface area contributed by atoms with Gasteiger partial charge in [0.1, 0.15) is 29.5 Å². The summed E-state index contributed by atoms with van der Waals surface area (Å²) in [7, 11) is 0. The second-order valence-corrected chi connectivity index (χ2v) is 9.10. The highest BCUT2D eigenvalue weighted by Crippen LogP contribution is 2.35. The molecular formula is C24H23ClF3N5O2. The van der Waals surface area contributed by atoms with Gasteiger partial charge >= 0.3 is 0 Å². The van der Waals surface area contributed by atoms with E-state index in [0.717, 1.165) is 12.3 Å². The van der Waals surface area contributed by atoms with Crippen molar-refractivity contribution in [3.63, 3.8) is 0 Å². The lowest BCUT2D eigenvalue weighted by Crippen LogP contribution is -2.29. The van der Waals surface area contributed by atoms with Gasteiger partial charge in [-0.05, 0) is 39.3 Å². The van der Waals surface area contributed by atoms with Crippen molar-refractivity contribution in [3.05, 3.63) is 87.7 Å². The van der Waals surface area contributed by atoms with Gasteiger partial charge in [0.05, 0.1) is 29.2 Å². The summed E-state index contributed by atoms with van der Waals surface area (Å²) in [5.41, 5.74) is 0.557. The molecule has 184 valence electrons. The quantitative estimate of drug-likeness (QED) is 0.508. The Morgan fingerprint density at radius 1 is 1.17 bits per heavy atom. The van der Waals surface area contributed by atoms with Gasteiger partial charge < -0.3 is 14.7 Å². The van der Waals surface area contributed by atoms with Crippen LogP contribution in [0.4, 0.5) is 18.9 Å². The minimum Gasteiger partial charge on any atom is -0.486 e. The molecule has 0 atom stereocenters. The fourth-order valence-electron chi connectivity index (χ4n) is 3.57. The Morgan fingerprint density at radius 3 is 2.57 bits per heavy atom. The highest BCUT2D eigenvalue weighted by Gasteiger charge is 2.27. The third kappa shape index (κ3) is 5.03. The molecule has 35 heavy (non-hydrogen) atoms. The van der Waals surface area contributed by atoms with E-state index in [1.807, 2.05) is 0 Å². The minimum atomic E-state index is -1.19. The summed E-state index contributed by atoms with van der Waals surface area (Å²) in [4.78, 5) is 9.56. The number of aromatic nitrogens is 4. The lowest BCUT2D eigenvalue weighted by atomic mass is 10.1. The van der Waals surface area contributed by atoms with Crippen molar-refractivity contribution in [2.75, 3.05) is 11.4 Å². The summed E-state index contributed by atoms with van der Waals surface area (Å²) < 4.78 is 49.6. The van der Waals surface area contributed by atoms with Gasteiger partial charge in [-0.2, -0.15) is 5.10 Å². The highest BCUT2D eigenvalue weighted by molar-refractivity contribution is 6.30. The molecular weight excluding hydrogens is 483 g/mol. The Balaban J connectivity index is 1.60. The van der Waals surface area contributed by atoms with Crippen LogP contribution in [0.5, 0.6) is 0 Å². The number of aliphatic hydroxyl groups is 1. The number of allylic oxidation sites excluding steroid dienone is 2. The summed E-state index contributed by atoms with van der Waals surface area (Å²) >= 11 is 6.45. The third-order valence-corrected chi connectivity index (χ3v) is 5.75. The second-order valence-electron chi connectivity index (χ2n) is 8.64. The standard InChI is InChI=1S/C24H23ClF3N5O2/c1-13-9-30-23(33-6-5-20(31-33)24(3,4)34)21(28)22(13)32-11-16(25)19(7-14(32)2)35-12-18-17(27)8-15(26)10-29-18/h5-10,34H,11-12H2,1-4H3. The Labute approximate surface area is 205 Å². The van der Waals surface area contributed by atoms with E-state index in [1.165, 1.54) is 17.1 Å². The third-order valence-electron chi connectivity index (χ3n) is 5.44. The van der Waals surface area contributed by atoms with Crippen LogP contribution in [0.3, 0.4) is 0 Å². The number of hydrogen-bond acceptors (Lipinski definition) is 6. The number of ether oxygens (including phenoxy) is 1. The van der Waals surface area contributed by atoms with Crippen molar-refractivity contribution in [1.82, 2.24) is 19.7 Å². The molecule has 3 aromatic rings. The molecule has 0 radical (unpaired) electrons. The zero-order chi connectivity index (χ0) is 25.5. The van der Waals surface area contributed by atoms with Crippen LogP contribution >= 0.6 is 11.6 Å². The van der Waals surface area contributed by atoms with Crippen LogP contribution in [0.1, 0.15) is 37.7 Å². The second kappa shape index (κ2) is 9.35. The van der Waals surface area contributed by atoms with E-state index in [9.17, 15) is 13.9 Å². The maximum absolute atomic E-state index is 15.7. The Morgan fingerprint density at radius 2 is 1.91 bits per heavy atom. The van der Waals surface area contributed by atoms with E-state index >= 15 is 4.39 Å². The summed E-state index contributed by atoms with van der Waals surface area (Å²) in [5, 5.41) is 14.7. The van der Waals surface area contributed by atoms with E-state index in [0.29, 0.717) is 17.0 Å². The van der Waals surface area contributed by atoms with Gasteiger partial charge in [0.25, 0.3) is 0 Å². The SMILES string of the molecule is CC1=CC(OCc2ncc(F)cc2F)=C(Cl)CN1c1c(C)cnc(-n2ccc(C(C)(C)O)n2)c1F. The van der Waals surface area contributed by atoms with Gasteiger partial charge in [-0.3, -0.25) is 4.98 Å². The van der Waals surface area contributed by atoms with Crippen molar-refractivity contribution in [2.45, 2.75) is 39.9 Å². The van der Waals surface area contributed by atoms with Crippen molar-refractivity contribution >= 4 is 17.3 Å². The fraction of sp³-hybridized carbons (Fsp3) is 0.292. The molecule has 3 aromatic heterocycles. The topological polar surface area (TPSA) is 76.3 Å². The highest BCUT2D eigenvalue weighted by atomic mass is 35.5. The molecule has 4 rings (SSSR count). The molecule has 0 amide bonds. The number of anilines is 1. The zero-order valence-electron chi connectivity index (χ0n) is 19.5. The molecule has 0 saturated carbocycles. The normalized spacial score (nSPS) is 14.4. The molecule has 1 aliphatic heterocycles. The van der Waals surface area contributed by atoms with E-state index in [1.54, 1.807) is 44.7 Å². The predicted molar refractivity (Wildman–Crippen MR) is 124 cm³/mol. The molecule has 0 fully saturated rings. The first-order chi connectivity index (χ1) is 16.5. The van der Waals surface area contributed by atoms with Crippen LogP contribution in [0, 0.1) is 24.4 Å². The number of nitrogens with zero attached hydrogens (tertiary/aromatic N) is 5. The number of hydrogen-bond donors (Lipinski definition) is 1. The van der Waals surface area contributed by atoms with Gasteiger partial charge in [0.2, 0.25) is 0 Å². The van der Waals surface area contributed by atoms with Crippen LogP contribution in [-0.4, -0.2) is 31.4 Å². The van der Waals surface area contributed by atoms with Gasteiger partial charge in [0.15, 0.2) is 17.5 Å². The predicted octanol–water partition coefficient (Wildman–Crippen LogP) is 5.01.